The summed E-state index contributed by atoms with van der Waals surface area (Å²) >= 11 is 6.25. The molecule has 1 aromatic heterocycles. The van der Waals surface area contributed by atoms with Crippen LogP contribution in [-0.4, -0.2) is 33.8 Å². The Morgan fingerprint density at radius 2 is 2.00 bits per heavy atom. The summed E-state index contributed by atoms with van der Waals surface area (Å²) in [5.41, 5.74) is 2.20. The molecule has 5 nitrogen and oxygen atoms in total. The number of halogens is 1. The normalized spacial score (nSPS) is 25.7. The van der Waals surface area contributed by atoms with Crippen LogP contribution < -0.4 is 10.6 Å². The van der Waals surface area contributed by atoms with Gasteiger partial charge in [0.05, 0.1) is 28.2 Å². The number of benzene rings is 1. The number of hydrogen-bond acceptors (Lipinski definition) is 3. The maximum Gasteiger partial charge on any atom is 0.254 e. The molecule has 2 aliphatic heterocycles. The molecule has 2 N–H and O–H groups in total. The summed E-state index contributed by atoms with van der Waals surface area (Å²) in [6.07, 6.45) is 6.10. The molecule has 0 radical (unpaired) electrons. The zero-order valence-corrected chi connectivity index (χ0v) is 14.4. The summed E-state index contributed by atoms with van der Waals surface area (Å²) in [7, 11) is 0. The van der Waals surface area contributed by atoms with Gasteiger partial charge in [0.1, 0.15) is 0 Å². The average Bonchev–Trinajstić information content (AvgIpc) is 3.10. The zero-order valence-electron chi connectivity index (χ0n) is 13.6. The standard InChI is InChI=1S/C18H21ClN4O/c1-11-15(10-20-23(11)17-5-3-2-4-16(17)19)18(24)22-14-8-12-6-7-13(9-14)21-12/h2-5,10,12-14,21H,6-9H2,1H3,(H,22,24). The zero-order chi connectivity index (χ0) is 16.7. The van der Waals surface area contributed by atoms with Crippen molar-refractivity contribution in [2.75, 3.05) is 0 Å². The summed E-state index contributed by atoms with van der Waals surface area (Å²) in [6, 6.07) is 8.87. The molecule has 2 atom stereocenters. The predicted octanol–water partition coefficient (Wildman–Crippen LogP) is 2.85. The molecule has 0 saturated carbocycles. The first-order valence-electron chi connectivity index (χ1n) is 8.48. The van der Waals surface area contributed by atoms with E-state index in [0.29, 0.717) is 22.7 Å². The van der Waals surface area contributed by atoms with E-state index in [0.717, 1.165) is 24.2 Å². The van der Waals surface area contributed by atoms with Crippen LogP contribution in [0.15, 0.2) is 30.5 Å². The maximum absolute atomic E-state index is 12.7. The number of aromatic nitrogens is 2. The van der Waals surface area contributed by atoms with Crippen molar-refractivity contribution in [1.29, 1.82) is 0 Å². The number of carbonyl (C=O) groups excluding carboxylic acids is 1. The van der Waals surface area contributed by atoms with E-state index in [2.05, 4.69) is 15.7 Å². The minimum Gasteiger partial charge on any atom is -0.349 e. The molecule has 2 unspecified atom stereocenters. The molecular formula is C18H21ClN4O. The third kappa shape index (κ3) is 2.82. The van der Waals surface area contributed by atoms with Crippen molar-refractivity contribution < 1.29 is 4.79 Å². The van der Waals surface area contributed by atoms with Gasteiger partial charge in [-0.05, 0) is 44.7 Å². The van der Waals surface area contributed by atoms with Crippen molar-refractivity contribution in [1.82, 2.24) is 20.4 Å². The minimum absolute atomic E-state index is 0.0443. The smallest absolute Gasteiger partial charge is 0.254 e. The van der Waals surface area contributed by atoms with Crippen LogP contribution in [0.3, 0.4) is 0 Å². The topological polar surface area (TPSA) is 59.0 Å². The molecule has 1 aromatic carbocycles. The molecule has 4 rings (SSSR count). The molecule has 24 heavy (non-hydrogen) atoms. The Hall–Kier alpha value is -1.85. The summed E-state index contributed by atoms with van der Waals surface area (Å²) in [4.78, 5) is 12.7. The lowest BCUT2D eigenvalue weighted by molar-refractivity contribution is 0.0923. The molecule has 0 spiro atoms. The fraction of sp³-hybridized carbons (Fsp3) is 0.444. The van der Waals surface area contributed by atoms with Crippen LogP contribution >= 0.6 is 11.6 Å². The third-order valence-electron chi connectivity index (χ3n) is 5.14. The van der Waals surface area contributed by atoms with E-state index in [4.69, 9.17) is 11.6 Å². The van der Waals surface area contributed by atoms with Crippen LogP contribution in [0.25, 0.3) is 5.69 Å². The molecule has 2 aliphatic rings. The Morgan fingerprint density at radius 3 is 2.71 bits per heavy atom. The third-order valence-corrected chi connectivity index (χ3v) is 5.46. The van der Waals surface area contributed by atoms with E-state index < -0.39 is 0 Å². The van der Waals surface area contributed by atoms with Crippen LogP contribution in [0, 0.1) is 6.92 Å². The van der Waals surface area contributed by atoms with Crippen LogP contribution in [-0.2, 0) is 0 Å². The number of nitrogens with one attached hydrogen (secondary N) is 2. The second-order valence-electron chi connectivity index (χ2n) is 6.79. The lowest BCUT2D eigenvalue weighted by Crippen LogP contribution is -2.48. The Balaban J connectivity index is 1.52. The molecule has 1 amide bonds. The monoisotopic (exact) mass is 344 g/mol. The van der Waals surface area contributed by atoms with Crippen molar-refractivity contribution in [2.24, 2.45) is 0 Å². The highest BCUT2D eigenvalue weighted by Crippen LogP contribution is 2.27. The quantitative estimate of drug-likeness (QED) is 0.900. The minimum atomic E-state index is -0.0443. The molecule has 3 heterocycles. The number of piperidine rings is 1. The van der Waals surface area contributed by atoms with Crippen molar-refractivity contribution in [3.05, 3.63) is 46.7 Å². The number of hydrogen-bond donors (Lipinski definition) is 2. The van der Waals surface area contributed by atoms with Gasteiger partial charge in [-0.2, -0.15) is 5.10 Å². The van der Waals surface area contributed by atoms with Crippen molar-refractivity contribution in [3.8, 4) is 5.69 Å². The van der Waals surface area contributed by atoms with E-state index in [9.17, 15) is 4.79 Å². The van der Waals surface area contributed by atoms with Gasteiger partial charge in [-0.3, -0.25) is 4.79 Å². The number of rotatable bonds is 3. The summed E-state index contributed by atoms with van der Waals surface area (Å²) in [5.74, 6) is -0.0443. The summed E-state index contributed by atoms with van der Waals surface area (Å²) in [6.45, 7) is 1.90. The predicted molar refractivity (Wildman–Crippen MR) is 93.7 cm³/mol. The van der Waals surface area contributed by atoms with E-state index in [1.165, 1.54) is 12.8 Å². The van der Waals surface area contributed by atoms with Crippen LogP contribution in [0.1, 0.15) is 41.7 Å². The number of nitrogens with zero attached hydrogens (tertiary/aromatic N) is 2. The number of fused-ring (bicyclic) bond motifs is 2. The van der Waals surface area contributed by atoms with Crippen molar-refractivity contribution in [2.45, 2.75) is 50.7 Å². The Bertz CT molecular complexity index is 760. The van der Waals surface area contributed by atoms with Crippen molar-refractivity contribution in [3.63, 3.8) is 0 Å². The summed E-state index contributed by atoms with van der Waals surface area (Å²) in [5, 5.41) is 11.8. The lowest BCUT2D eigenvalue weighted by atomic mass is 9.99. The van der Waals surface area contributed by atoms with Gasteiger partial charge in [0, 0.05) is 18.1 Å². The number of carbonyl (C=O) groups is 1. The highest BCUT2D eigenvalue weighted by atomic mass is 35.5. The Morgan fingerprint density at radius 1 is 1.29 bits per heavy atom. The molecular weight excluding hydrogens is 324 g/mol. The van der Waals surface area contributed by atoms with Crippen LogP contribution in [0.4, 0.5) is 0 Å². The molecule has 126 valence electrons. The highest BCUT2D eigenvalue weighted by Gasteiger charge is 2.34. The van der Waals surface area contributed by atoms with Gasteiger partial charge in [0.25, 0.3) is 5.91 Å². The molecule has 2 aromatic rings. The maximum atomic E-state index is 12.7. The lowest BCUT2D eigenvalue weighted by Gasteiger charge is -2.29. The second-order valence-corrected chi connectivity index (χ2v) is 7.19. The van der Waals surface area contributed by atoms with E-state index >= 15 is 0 Å². The van der Waals surface area contributed by atoms with Crippen molar-refractivity contribution >= 4 is 17.5 Å². The fourth-order valence-electron chi connectivity index (χ4n) is 3.94. The highest BCUT2D eigenvalue weighted by molar-refractivity contribution is 6.32. The van der Waals surface area contributed by atoms with Gasteiger partial charge in [0.15, 0.2) is 0 Å². The van der Waals surface area contributed by atoms with E-state index in [-0.39, 0.29) is 11.9 Å². The molecule has 6 heteroatoms. The second kappa shape index (κ2) is 6.22. The van der Waals surface area contributed by atoms with Gasteiger partial charge in [-0.1, -0.05) is 23.7 Å². The molecule has 2 bridgehead atoms. The van der Waals surface area contributed by atoms with Gasteiger partial charge >= 0.3 is 0 Å². The van der Waals surface area contributed by atoms with E-state index in [1.807, 2.05) is 31.2 Å². The Kier molecular flexibility index (Phi) is 4.06. The summed E-state index contributed by atoms with van der Waals surface area (Å²) < 4.78 is 1.73. The SMILES string of the molecule is Cc1c(C(=O)NC2CC3CCC(C2)N3)cnn1-c1ccccc1Cl. The first-order chi connectivity index (χ1) is 11.6. The number of amides is 1. The first-order valence-corrected chi connectivity index (χ1v) is 8.86. The fourth-order valence-corrected chi connectivity index (χ4v) is 4.15. The first kappa shape index (κ1) is 15.7. The van der Waals surface area contributed by atoms with Gasteiger partial charge in [0.2, 0.25) is 0 Å². The molecule has 2 saturated heterocycles. The largest absolute Gasteiger partial charge is 0.349 e. The molecule has 0 aliphatic carbocycles. The van der Waals surface area contributed by atoms with E-state index in [1.54, 1.807) is 10.9 Å². The van der Waals surface area contributed by atoms with Gasteiger partial charge in [-0.25, -0.2) is 4.68 Å². The number of para-hydroxylation sites is 1. The average molecular weight is 345 g/mol. The van der Waals surface area contributed by atoms with Crippen LogP contribution in [0.2, 0.25) is 5.02 Å². The van der Waals surface area contributed by atoms with Gasteiger partial charge in [-0.15, -0.1) is 0 Å². The van der Waals surface area contributed by atoms with Crippen LogP contribution in [0.5, 0.6) is 0 Å². The Labute approximate surface area is 146 Å². The van der Waals surface area contributed by atoms with Gasteiger partial charge < -0.3 is 10.6 Å². The molecule has 2 fully saturated rings.